The summed E-state index contributed by atoms with van der Waals surface area (Å²) in [5.41, 5.74) is 2.77. The second-order valence-electron chi connectivity index (χ2n) is 6.17. The number of aromatic nitrogens is 5. The molecular formula is C20H18ClN5OS. The van der Waals surface area contributed by atoms with Gasteiger partial charge in [-0.15, -0.1) is 10.2 Å². The molecule has 0 saturated heterocycles. The number of hydrogen-bond acceptors (Lipinski definition) is 6. The molecule has 28 heavy (non-hydrogen) atoms. The maximum Gasteiger partial charge on any atom is 0.191 e. The molecule has 4 aromatic rings. The van der Waals surface area contributed by atoms with Crippen LogP contribution >= 0.6 is 23.4 Å². The largest absolute Gasteiger partial charge is 0.360 e. The molecule has 0 unspecified atom stereocenters. The van der Waals surface area contributed by atoms with Crippen molar-refractivity contribution in [2.45, 2.75) is 30.8 Å². The highest BCUT2D eigenvalue weighted by molar-refractivity contribution is 7.98. The van der Waals surface area contributed by atoms with E-state index >= 15 is 0 Å². The van der Waals surface area contributed by atoms with Crippen molar-refractivity contribution in [2.24, 2.45) is 0 Å². The van der Waals surface area contributed by atoms with Crippen molar-refractivity contribution in [1.82, 2.24) is 24.9 Å². The van der Waals surface area contributed by atoms with Crippen molar-refractivity contribution in [3.8, 4) is 22.6 Å². The molecule has 0 aliphatic heterocycles. The summed E-state index contributed by atoms with van der Waals surface area (Å²) in [6.07, 6.45) is 4.52. The SMILES string of the molecule is CCCn1c(SCc2cc(-c3ccc(Cl)cc3)no2)nnc1-c1ccncc1. The molecule has 0 bridgehead atoms. The van der Waals surface area contributed by atoms with Crippen LogP contribution < -0.4 is 0 Å². The maximum atomic E-state index is 5.94. The number of thioether (sulfide) groups is 1. The Morgan fingerprint density at radius 1 is 1.04 bits per heavy atom. The van der Waals surface area contributed by atoms with Gasteiger partial charge in [-0.3, -0.25) is 4.98 Å². The monoisotopic (exact) mass is 411 g/mol. The number of hydrogen-bond donors (Lipinski definition) is 0. The Morgan fingerprint density at radius 2 is 1.82 bits per heavy atom. The van der Waals surface area contributed by atoms with Crippen LogP contribution in [-0.2, 0) is 12.3 Å². The fourth-order valence-corrected chi connectivity index (χ4v) is 3.77. The minimum absolute atomic E-state index is 0.624. The van der Waals surface area contributed by atoms with Gasteiger partial charge in [-0.2, -0.15) is 0 Å². The first-order valence-electron chi connectivity index (χ1n) is 8.92. The van der Waals surface area contributed by atoms with E-state index in [2.05, 4.69) is 31.8 Å². The van der Waals surface area contributed by atoms with E-state index in [9.17, 15) is 0 Å². The van der Waals surface area contributed by atoms with Gasteiger partial charge in [-0.25, -0.2) is 0 Å². The highest BCUT2D eigenvalue weighted by atomic mass is 35.5. The Labute approximate surface area is 172 Å². The number of halogens is 1. The molecule has 0 saturated carbocycles. The Kier molecular flexibility index (Phi) is 5.73. The lowest BCUT2D eigenvalue weighted by molar-refractivity contribution is 0.397. The third-order valence-corrected chi connectivity index (χ3v) is 5.39. The molecule has 0 amide bonds. The van der Waals surface area contributed by atoms with E-state index in [4.69, 9.17) is 16.1 Å². The minimum atomic E-state index is 0.624. The average Bonchev–Trinajstić information content (AvgIpc) is 3.35. The molecule has 0 aliphatic rings. The fourth-order valence-electron chi connectivity index (χ4n) is 2.81. The Morgan fingerprint density at radius 3 is 2.57 bits per heavy atom. The van der Waals surface area contributed by atoms with Crippen molar-refractivity contribution < 1.29 is 4.52 Å². The quantitative estimate of drug-likeness (QED) is 0.382. The third-order valence-electron chi connectivity index (χ3n) is 4.15. The van der Waals surface area contributed by atoms with Gasteiger partial charge in [0.1, 0.15) is 11.5 Å². The Balaban J connectivity index is 1.51. The Bertz CT molecular complexity index is 1050. The summed E-state index contributed by atoms with van der Waals surface area (Å²) in [6, 6.07) is 13.4. The molecule has 0 atom stereocenters. The molecule has 0 radical (unpaired) electrons. The second-order valence-corrected chi connectivity index (χ2v) is 7.55. The van der Waals surface area contributed by atoms with Crippen molar-refractivity contribution in [1.29, 1.82) is 0 Å². The Hall–Kier alpha value is -2.64. The lowest BCUT2D eigenvalue weighted by Crippen LogP contribution is -2.02. The predicted octanol–water partition coefficient (Wildman–Crippen LogP) is 5.35. The first kappa shape index (κ1) is 18.7. The number of rotatable bonds is 7. The zero-order valence-electron chi connectivity index (χ0n) is 15.2. The molecule has 4 rings (SSSR count). The van der Waals surface area contributed by atoms with Gasteiger partial charge in [0.2, 0.25) is 0 Å². The van der Waals surface area contributed by atoms with Crippen molar-refractivity contribution in [2.75, 3.05) is 0 Å². The van der Waals surface area contributed by atoms with Crippen molar-refractivity contribution in [3.63, 3.8) is 0 Å². The van der Waals surface area contributed by atoms with Crippen LogP contribution in [0.4, 0.5) is 0 Å². The van der Waals surface area contributed by atoms with Crippen LogP contribution in [0.15, 0.2) is 64.5 Å². The lowest BCUT2D eigenvalue weighted by atomic mass is 10.1. The van der Waals surface area contributed by atoms with Crippen LogP contribution in [0.2, 0.25) is 5.02 Å². The standard InChI is InChI=1S/C20H18ClN5OS/c1-2-11-26-19(15-7-9-22-10-8-15)23-24-20(26)28-13-17-12-18(25-27-17)14-3-5-16(21)6-4-14/h3-10,12H,2,11,13H2,1H3. The van der Waals surface area contributed by atoms with E-state index in [1.165, 1.54) is 0 Å². The zero-order chi connectivity index (χ0) is 19.3. The van der Waals surface area contributed by atoms with Gasteiger partial charge in [-0.05, 0) is 30.7 Å². The smallest absolute Gasteiger partial charge is 0.191 e. The minimum Gasteiger partial charge on any atom is -0.360 e. The average molecular weight is 412 g/mol. The number of benzene rings is 1. The molecule has 0 fully saturated rings. The molecule has 142 valence electrons. The summed E-state index contributed by atoms with van der Waals surface area (Å²) in [5, 5.41) is 14.5. The normalized spacial score (nSPS) is 11.1. The summed E-state index contributed by atoms with van der Waals surface area (Å²) >= 11 is 7.53. The first-order chi connectivity index (χ1) is 13.7. The van der Waals surface area contributed by atoms with Crippen molar-refractivity contribution >= 4 is 23.4 Å². The first-order valence-corrected chi connectivity index (χ1v) is 10.3. The predicted molar refractivity (Wildman–Crippen MR) is 110 cm³/mol. The number of pyridine rings is 1. The zero-order valence-corrected chi connectivity index (χ0v) is 16.8. The molecule has 1 aromatic carbocycles. The van der Waals surface area contributed by atoms with Gasteiger partial charge in [0.05, 0.1) is 5.75 Å². The van der Waals surface area contributed by atoms with E-state index in [-0.39, 0.29) is 0 Å². The summed E-state index contributed by atoms with van der Waals surface area (Å²) in [4.78, 5) is 4.07. The molecule has 3 aromatic heterocycles. The van der Waals surface area contributed by atoms with Crippen LogP contribution in [0, 0.1) is 0 Å². The van der Waals surface area contributed by atoms with E-state index in [1.807, 2.05) is 42.5 Å². The van der Waals surface area contributed by atoms with Gasteiger partial charge < -0.3 is 9.09 Å². The lowest BCUT2D eigenvalue weighted by Gasteiger charge is -2.08. The van der Waals surface area contributed by atoms with E-state index < -0.39 is 0 Å². The fraction of sp³-hybridized carbons (Fsp3) is 0.200. The highest BCUT2D eigenvalue weighted by Crippen LogP contribution is 2.28. The van der Waals surface area contributed by atoms with E-state index in [0.717, 1.165) is 46.5 Å². The van der Waals surface area contributed by atoms with Gasteiger partial charge in [0.25, 0.3) is 0 Å². The second kappa shape index (κ2) is 8.58. The highest BCUT2D eigenvalue weighted by Gasteiger charge is 2.15. The topological polar surface area (TPSA) is 69.6 Å². The summed E-state index contributed by atoms with van der Waals surface area (Å²) in [6.45, 7) is 2.99. The van der Waals surface area contributed by atoms with Crippen LogP contribution in [0.3, 0.4) is 0 Å². The molecule has 8 heteroatoms. The molecular weight excluding hydrogens is 394 g/mol. The van der Waals surface area contributed by atoms with Gasteiger partial charge in [0.15, 0.2) is 11.0 Å². The summed E-state index contributed by atoms with van der Waals surface area (Å²) < 4.78 is 7.63. The van der Waals surface area contributed by atoms with E-state index in [1.54, 1.807) is 24.2 Å². The van der Waals surface area contributed by atoms with Crippen LogP contribution in [-0.4, -0.2) is 24.9 Å². The summed E-state index contributed by atoms with van der Waals surface area (Å²) in [5.74, 6) is 2.26. The molecule has 3 heterocycles. The molecule has 0 N–H and O–H groups in total. The van der Waals surface area contributed by atoms with Crippen LogP contribution in [0.25, 0.3) is 22.6 Å². The van der Waals surface area contributed by atoms with E-state index in [0.29, 0.717) is 10.8 Å². The van der Waals surface area contributed by atoms with Crippen molar-refractivity contribution in [3.05, 3.63) is 65.6 Å². The molecule has 6 nitrogen and oxygen atoms in total. The van der Waals surface area contributed by atoms with Crippen LogP contribution in [0.1, 0.15) is 19.1 Å². The van der Waals surface area contributed by atoms with Gasteiger partial charge in [-0.1, -0.05) is 47.6 Å². The van der Waals surface area contributed by atoms with Crippen LogP contribution in [0.5, 0.6) is 0 Å². The summed E-state index contributed by atoms with van der Waals surface area (Å²) in [7, 11) is 0. The maximum absolute atomic E-state index is 5.94. The third kappa shape index (κ3) is 4.10. The van der Waals surface area contributed by atoms with Gasteiger partial charge in [0, 0.05) is 41.2 Å². The molecule has 0 spiro atoms. The van der Waals surface area contributed by atoms with Gasteiger partial charge >= 0.3 is 0 Å². The number of nitrogens with zero attached hydrogens (tertiary/aromatic N) is 5. The molecule has 0 aliphatic carbocycles.